The van der Waals surface area contributed by atoms with Crippen molar-refractivity contribution < 1.29 is 9.18 Å². The van der Waals surface area contributed by atoms with Crippen LogP contribution in [0.5, 0.6) is 0 Å². The number of guanidine groups is 1. The molecule has 0 unspecified atom stereocenters. The molecule has 0 bridgehead atoms. The average Bonchev–Trinajstić information content (AvgIpc) is 3.09. The summed E-state index contributed by atoms with van der Waals surface area (Å²) in [7, 11) is 3.42. The fourth-order valence-corrected chi connectivity index (χ4v) is 2.94. The zero-order valence-corrected chi connectivity index (χ0v) is 15.2. The van der Waals surface area contributed by atoms with E-state index in [1.54, 1.807) is 48.2 Å². The van der Waals surface area contributed by atoms with E-state index in [1.807, 2.05) is 11.0 Å². The van der Waals surface area contributed by atoms with Crippen molar-refractivity contribution in [2.75, 3.05) is 31.6 Å². The molecule has 9 heteroatoms. The second-order valence-corrected chi connectivity index (χ2v) is 6.16. The summed E-state index contributed by atoms with van der Waals surface area (Å²) >= 11 is 0. The lowest BCUT2D eigenvalue weighted by atomic mass is 10.1. The largest absolute Gasteiger partial charge is 0.352 e. The summed E-state index contributed by atoms with van der Waals surface area (Å²) in [5.41, 5.74) is 1.47. The van der Waals surface area contributed by atoms with Gasteiger partial charge in [0.05, 0.1) is 23.5 Å². The third kappa shape index (κ3) is 4.06. The Labute approximate surface area is 156 Å². The van der Waals surface area contributed by atoms with Crippen LogP contribution in [0.3, 0.4) is 0 Å². The molecule has 27 heavy (non-hydrogen) atoms. The quantitative estimate of drug-likeness (QED) is 0.640. The average molecular weight is 369 g/mol. The lowest BCUT2D eigenvalue weighted by Gasteiger charge is -2.35. The first-order chi connectivity index (χ1) is 13.0. The number of carbonyl (C=O) groups excluding carboxylic acids is 1. The Morgan fingerprint density at radius 1 is 1.44 bits per heavy atom. The van der Waals surface area contributed by atoms with Gasteiger partial charge in [-0.15, -0.1) is 0 Å². The number of amides is 1. The Kier molecular flexibility index (Phi) is 5.35. The van der Waals surface area contributed by atoms with Crippen LogP contribution in [-0.4, -0.2) is 53.2 Å². The molecular weight excluding hydrogens is 349 g/mol. The highest BCUT2D eigenvalue weighted by atomic mass is 19.1. The highest BCUT2D eigenvalue weighted by Gasteiger charge is 2.27. The van der Waals surface area contributed by atoms with E-state index in [2.05, 4.69) is 15.4 Å². The third-order valence-electron chi connectivity index (χ3n) is 4.35. The zero-order valence-electron chi connectivity index (χ0n) is 15.2. The minimum absolute atomic E-state index is 0.0539. The van der Waals surface area contributed by atoms with Crippen LogP contribution >= 0.6 is 0 Å². The number of piperazine rings is 1. The Balaban J connectivity index is 1.62. The summed E-state index contributed by atoms with van der Waals surface area (Å²) in [6.45, 7) is 1.48. The molecule has 1 saturated heterocycles. The molecule has 2 aromatic rings. The van der Waals surface area contributed by atoms with E-state index in [9.17, 15) is 9.18 Å². The molecule has 1 N–H and O–H groups in total. The lowest BCUT2D eigenvalue weighted by molar-refractivity contribution is -0.120. The number of carbonyl (C=O) groups is 1. The SMILES string of the molecule is CN=C(NCc1ccc(C#N)cc1F)N1CCN(c2cnn(C)c2)C(=O)C1. The number of hydrogen-bond donors (Lipinski definition) is 1. The van der Waals surface area contributed by atoms with E-state index >= 15 is 0 Å². The molecule has 3 rings (SSSR count). The van der Waals surface area contributed by atoms with Gasteiger partial charge in [-0.25, -0.2) is 4.39 Å². The van der Waals surface area contributed by atoms with Crippen molar-refractivity contribution >= 4 is 17.6 Å². The Hall–Kier alpha value is -3.41. The molecule has 0 atom stereocenters. The van der Waals surface area contributed by atoms with Crippen LogP contribution in [0.15, 0.2) is 35.6 Å². The van der Waals surface area contributed by atoms with Gasteiger partial charge in [0.2, 0.25) is 5.91 Å². The molecule has 1 aliphatic heterocycles. The van der Waals surface area contributed by atoms with Gasteiger partial charge in [-0.2, -0.15) is 10.4 Å². The number of rotatable bonds is 3. The highest BCUT2D eigenvalue weighted by Crippen LogP contribution is 2.16. The van der Waals surface area contributed by atoms with Crippen molar-refractivity contribution in [3.05, 3.63) is 47.5 Å². The van der Waals surface area contributed by atoms with Crippen LogP contribution < -0.4 is 10.2 Å². The van der Waals surface area contributed by atoms with Crippen molar-refractivity contribution in [3.63, 3.8) is 0 Å². The standard InChI is InChI=1S/C18H20FN7O/c1-21-18(22-9-14-4-3-13(8-20)7-16(14)19)25-5-6-26(17(27)12-25)15-10-23-24(2)11-15/h3-4,7,10-11H,5-6,9,12H2,1-2H3,(H,21,22). The number of nitrogens with zero attached hydrogens (tertiary/aromatic N) is 6. The zero-order chi connectivity index (χ0) is 19.4. The predicted molar refractivity (Wildman–Crippen MR) is 98.4 cm³/mol. The minimum Gasteiger partial charge on any atom is -0.352 e. The molecule has 0 radical (unpaired) electrons. The van der Waals surface area contributed by atoms with Crippen molar-refractivity contribution in [1.82, 2.24) is 20.0 Å². The number of halogens is 1. The van der Waals surface area contributed by atoms with Gasteiger partial charge in [-0.1, -0.05) is 6.07 Å². The molecule has 1 amide bonds. The van der Waals surface area contributed by atoms with E-state index in [4.69, 9.17) is 5.26 Å². The number of aliphatic imine (C=N–C) groups is 1. The second-order valence-electron chi connectivity index (χ2n) is 6.16. The maximum absolute atomic E-state index is 14.0. The second kappa shape index (κ2) is 7.86. The van der Waals surface area contributed by atoms with Gasteiger partial charge in [0, 0.05) is 45.5 Å². The fraction of sp³-hybridized carbons (Fsp3) is 0.333. The van der Waals surface area contributed by atoms with Gasteiger partial charge in [0.25, 0.3) is 0 Å². The molecule has 1 aromatic heterocycles. The first-order valence-electron chi connectivity index (χ1n) is 8.45. The van der Waals surface area contributed by atoms with Gasteiger partial charge < -0.3 is 15.1 Å². The number of nitrogens with one attached hydrogen (secondary N) is 1. The summed E-state index contributed by atoms with van der Waals surface area (Å²) < 4.78 is 15.7. The molecule has 0 saturated carbocycles. The van der Waals surface area contributed by atoms with Crippen LogP contribution in [0.1, 0.15) is 11.1 Å². The third-order valence-corrected chi connectivity index (χ3v) is 4.35. The molecular formula is C18H20FN7O. The number of anilines is 1. The van der Waals surface area contributed by atoms with Crippen LogP contribution in [-0.2, 0) is 18.4 Å². The van der Waals surface area contributed by atoms with Crippen LogP contribution in [0.2, 0.25) is 0 Å². The molecule has 1 fully saturated rings. The molecule has 0 spiro atoms. The van der Waals surface area contributed by atoms with Crippen molar-refractivity contribution in [1.29, 1.82) is 5.26 Å². The summed E-state index contributed by atoms with van der Waals surface area (Å²) in [6.07, 6.45) is 3.46. The van der Waals surface area contributed by atoms with Crippen molar-refractivity contribution in [2.45, 2.75) is 6.54 Å². The Morgan fingerprint density at radius 3 is 2.85 bits per heavy atom. The first-order valence-corrected chi connectivity index (χ1v) is 8.45. The van der Waals surface area contributed by atoms with E-state index in [0.29, 0.717) is 24.6 Å². The number of hydrogen-bond acceptors (Lipinski definition) is 4. The topological polar surface area (TPSA) is 89.6 Å². The predicted octanol–water partition coefficient (Wildman–Crippen LogP) is 0.855. The van der Waals surface area contributed by atoms with Gasteiger partial charge >= 0.3 is 0 Å². The van der Waals surface area contributed by atoms with Gasteiger partial charge in [0.15, 0.2) is 5.96 Å². The van der Waals surface area contributed by atoms with Gasteiger partial charge in [0.1, 0.15) is 12.4 Å². The Morgan fingerprint density at radius 2 is 2.26 bits per heavy atom. The maximum atomic E-state index is 14.0. The molecule has 0 aliphatic carbocycles. The monoisotopic (exact) mass is 369 g/mol. The van der Waals surface area contributed by atoms with E-state index in [-0.39, 0.29) is 24.6 Å². The highest BCUT2D eigenvalue weighted by molar-refractivity contribution is 5.98. The van der Waals surface area contributed by atoms with Crippen molar-refractivity contribution in [3.8, 4) is 6.07 Å². The summed E-state index contributed by atoms with van der Waals surface area (Å²) in [5.74, 6) is 0.0224. The van der Waals surface area contributed by atoms with Crippen LogP contribution in [0, 0.1) is 17.1 Å². The van der Waals surface area contributed by atoms with E-state index in [1.165, 1.54) is 6.07 Å². The first kappa shape index (κ1) is 18.4. The summed E-state index contributed by atoms with van der Waals surface area (Å²) in [4.78, 5) is 20.2. The number of benzene rings is 1. The molecule has 2 heterocycles. The van der Waals surface area contributed by atoms with Gasteiger partial charge in [-0.05, 0) is 12.1 Å². The van der Waals surface area contributed by atoms with Crippen LogP contribution in [0.4, 0.5) is 10.1 Å². The van der Waals surface area contributed by atoms with Gasteiger partial charge in [-0.3, -0.25) is 14.5 Å². The van der Waals surface area contributed by atoms with E-state index in [0.717, 1.165) is 5.69 Å². The summed E-state index contributed by atoms with van der Waals surface area (Å²) in [5, 5.41) is 16.0. The number of aromatic nitrogens is 2. The van der Waals surface area contributed by atoms with Crippen molar-refractivity contribution in [2.24, 2.45) is 12.0 Å². The number of aryl methyl sites for hydroxylation is 1. The molecule has 1 aromatic carbocycles. The number of nitriles is 1. The van der Waals surface area contributed by atoms with E-state index < -0.39 is 5.82 Å². The van der Waals surface area contributed by atoms with Crippen LogP contribution in [0.25, 0.3) is 0 Å². The lowest BCUT2D eigenvalue weighted by Crippen LogP contribution is -2.55. The minimum atomic E-state index is -0.450. The smallest absolute Gasteiger partial charge is 0.246 e. The summed E-state index contributed by atoms with van der Waals surface area (Å²) in [6, 6.07) is 6.25. The molecule has 1 aliphatic rings. The molecule has 140 valence electrons. The molecule has 8 nitrogen and oxygen atoms in total. The Bertz CT molecular complexity index is 915. The normalized spacial score (nSPS) is 15.0. The maximum Gasteiger partial charge on any atom is 0.246 e. The fourth-order valence-electron chi connectivity index (χ4n) is 2.94.